The first-order chi connectivity index (χ1) is 8.97. The number of aliphatic hydroxyl groups excluding tert-OH is 1. The molecule has 1 unspecified atom stereocenters. The molecule has 1 aromatic heterocycles. The average molecular weight is 303 g/mol. The van der Waals surface area contributed by atoms with Crippen LogP contribution in [0.15, 0.2) is 10.3 Å². The molecule has 108 valence electrons. The summed E-state index contributed by atoms with van der Waals surface area (Å²) in [5.41, 5.74) is 0.711. The zero-order valence-corrected chi connectivity index (χ0v) is 13.0. The van der Waals surface area contributed by atoms with E-state index in [1.54, 1.807) is 12.3 Å². The Morgan fingerprint density at radius 2 is 2.21 bits per heavy atom. The number of hydrogen-bond acceptors (Lipinski definition) is 4. The molecular weight excluding hydrogens is 282 g/mol. The van der Waals surface area contributed by atoms with Crippen molar-refractivity contribution in [3.8, 4) is 0 Å². The van der Waals surface area contributed by atoms with Gasteiger partial charge in [-0.2, -0.15) is 0 Å². The summed E-state index contributed by atoms with van der Waals surface area (Å²) in [4.78, 5) is 0.792. The molecule has 0 saturated heterocycles. The Balaban J connectivity index is 2.18. The third-order valence-electron chi connectivity index (χ3n) is 3.53. The van der Waals surface area contributed by atoms with Gasteiger partial charge in [0.2, 0.25) is 10.0 Å². The zero-order valence-electron chi connectivity index (χ0n) is 11.3. The summed E-state index contributed by atoms with van der Waals surface area (Å²) in [5, 5.41) is 11.0. The van der Waals surface area contributed by atoms with Crippen molar-refractivity contribution in [2.24, 2.45) is 5.92 Å². The lowest BCUT2D eigenvalue weighted by molar-refractivity contribution is 0.282. The van der Waals surface area contributed by atoms with Crippen LogP contribution in [0.2, 0.25) is 0 Å². The summed E-state index contributed by atoms with van der Waals surface area (Å²) in [7, 11) is -3.52. The monoisotopic (exact) mass is 303 g/mol. The first-order valence-electron chi connectivity index (χ1n) is 6.68. The van der Waals surface area contributed by atoms with Gasteiger partial charge in [-0.1, -0.05) is 19.8 Å². The van der Waals surface area contributed by atoms with Gasteiger partial charge in [0.15, 0.2) is 0 Å². The molecule has 0 bridgehead atoms. The zero-order chi connectivity index (χ0) is 14.0. The van der Waals surface area contributed by atoms with Gasteiger partial charge in [-0.25, -0.2) is 13.1 Å². The van der Waals surface area contributed by atoms with Crippen molar-refractivity contribution >= 4 is 21.4 Å². The van der Waals surface area contributed by atoms with Gasteiger partial charge in [-0.15, -0.1) is 11.3 Å². The molecule has 6 heteroatoms. The first-order valence-corrected chi connectivity index (χ1v) is 9.04. The van der Waals surface area contributed by atoms with Crippen LogP contribution in [0, 0.1) is 12.8 Å². The van der Waals surface area contributed by atoms with Gasteiger partial charge in [0.05, 0.1) is 11.5 Å². The topological polar surface area (TPSA) is 66.4 Å². The number of nitrogens with one attached hydrogen (secondary N) is 1. The van der Waals surface area contributed by atoms with Crippen LogP contribution in [0.5, 0.6) is 0 Å². The normalized spacial score (nSPS) is 17.6. The molecule has 0 aromatic carbocycles. The van der Waals surface area contributed by atoms with Crippen molar-refractivity contribution in [3.05, 3.63) is 15.8 Å². The Bertz CT molecular complexity index is 532. The van der Waals surface area contributed by atoms with Crippen LogP contribution in [0.1, 0.15) is 43.0 Å². The quantitative estimate of drug-likeness (QED) is 0.813. The van der Waals surface area contributed by atoms with E-state index in [1.165, 1.54) is 24.2 Å². The lowest BCUT2D eigenvalue weighted by Gasteiger charge is -2.17. The SMILES string of the molecule is CCC(CC1CC1)NS(=O)(=O)c1c(C)csc1CO. The molecule has 0 amide bonds. The fourth-order valence-electron chi connectivity index (χ4n) is 2.29. The van der Waals surface area contributed by atoms with E-state index < -0.39 is 10.0 Å². The summed E-state index contributed by atoms with van der Waals surface area (Å²) in [5.74, 6) is 0.688. The first kappa shape index (κ1) is 15.0. The molecule has 0 spiro atoms. The number of hydrogen-bond donors (Lipinski definition) is 2. The molecule has 0 radical (unpaired) electrons. The van der Waals surface area contributed by atoms with Crippen molar-refractivity contribution < 1.29 is 13.5 Å². The highest BCUT2D eigenvalue weighted by Gasteiger charge is 2.29. The largest absolute Gasteiger partial charge is 0.391 e. The fraction of sp³-hybridized carbons (Fsp3) is 0.692. The molecule has 1 saturated carbocycles. The van der Waals surface area contributed by atoms with Gasteiger partial charge in [0.1, 0.15) is 4.90 Å². The number of thiophene rings is 1. The van der Waals surface area contributed by atoms with Crippen LogP contribution < -0.4 is 4.72 Å². The van der Waals surface area contributed by atoms with E-state index in [4.69, 9.17) is 0 Å². The molecule has 1 atom stereocenters. The predicted octanol–water partition coefficient (Wildman–Crippen LogP) is 2.41. The highest BCUT2D eigenvalue weighted by atomic mass is 32.2. The number of aliphatic hydroxyl groups is 1. The maximum Gasteiger partial charge on any atom is 0.242 e. The van der Waals surface area contributed by atoms with E-state index in [0.717, 1.165) is 12.8 Å². The summed E-state index contributed by atoms with van der Waals surface area (Å²) >= 11 is 1.29. The maximum absolute atomic E-state index is 12.4. The predicted molar refractivity (Wildman–Crippen MR) is 76.7 cm³/mol. The second-order valence-electron chi connectivity index (χ2n) is 5.23. The van der Waals surface area contributed by atoms with Gasteiger partial charge < -0.3 is 5.11 Å². The van der Waals surface area contributed by atoms with Crippen LogP contribution in [0.4, 0.5) is 0 Å². The fourth-order valence-corrected chi connectivity index (χ4v) is 5.28. The van der Waals surface area contributed by atoms with E-state index >= 15 is 0 Å². The third-order valence-corrected chi connectivity index (χ3v) is 6.50. The minimum Gasteiger partial charge on any atom is -0.391 e. The molecule has 1 heterocycles. The lowest BCUT2D eigenvalue weighted by Crippen LogP contribution is -2.35. The second kappa shape index (κ2) is 5.91. The van der Waals surface area contributed by atoms with E-state index in [2.05, 4.69) is 4.72 Å². The lowest BCUT2D eigenvalue weighted by atomic mass is 10.1. The van der Waals surface area contributed by atoms with Crippen LogP contribution in [0.25, 0.3) is 0 Å². The second-order valence-corrected chi connectivity index (χ2v) is 7.85. The Kier molecular flexibility index (Phi) is 4.66. The van der Waals surface area contributed by atoms with Gasteiger partial charge in [-0.05, 0) is 36.6 Å². The van der Waals surface area contributed by atoms with Crippen LogP contribution in [0.3, 0.4) is 0 Å². The summed E-state index contributed by atoms with van der Waals surface area (Å²) in [6.45, 7) is 3.54. The molecule has 1 aliphatic carbocycles. The Labute approximate surface area is 118 Å². The molecule has 1 aliphatic rings. The van der Waals surface area contributed by atoms with Crippen molar-refractivity contribution in [2.45, 2.75) is 57.1 Å². The van der Waals surface area contributed by atoms with Crippen LogP contribution >= 0.6 is 11.3 Å². The number of sulfonamides is 1. The van der Waals surface area contributed by atoms with Crippen molar-refractivity contribution in [2.75, 3.05) is 0 Å². The highest BCUT2D eigenvalue weighted by Crippen LogP contribution is 2.35. The van der Waals surface area contributed by atoms with Gasteiger partial charge in [0, 0.05) is 6.04 Å². The van der Waals surface area contributed by atoms with Crippen LogP contribution in [-0.4, -0.2) is 19.6 Å². The minimum absolute atomic E-state index is 0.00310. The average Bonchev–Trinajstić information content (AvgIpc) is 3.08. The Morgan fingerprint density at radius 1 is 1.53 bits per heavy atom. The summed E-state index contributed by atoms with van der Waals surface area (Å²) < 4.78 is 27.7. The highest BCUT2D eigenvalue weighted by molar-refractivity contribution is 7.89. The molecule has 0 aliphatic heterocycles. The van der Waals surface area contributed by atoms with Crippen molar-refractivity contribution in [1.82, 2.24) is 4.72 Å². The maximum atomic E-state index is 12.4. The summed E-state index contributed by atoms with van der Waals surface area (Å²) in [6, 6.07) is 0.00310. The van der Waals surface area contributed by atoms with Crippen LogP contribution in [-0.2, 0) is 16.6 Å². The molecule has 2 N–H and O–H groups in total. The van der Waals surface area contributed by atoms with Crippen molar-refractivity contribution in [1.29, 1.82) is 0 Å². The Hall–Kier alpha value is -0.430. The van der Waals surface area contributed by atoms with Gasteiger partial charge in [0.25, 0.3) is 0 Å². The van der Waals surface area contributed by atoms with Crippen molar-refractivity contribution in [3.63, 3.8) is 0 Å². The standard InChI is InChI=1S/C13H21NO3S2/c1-3-11(6-10-4-5-10)14-19(16,17)13-9(2)8-18-12(13)7-15/h8,10-11,14-15H,3-7H2,1-2H3. The molecule has 4 nitrogen and oxygen atoms in total. The smallest absolute Gasteiger partial charge is 0.242 e. The molecule has 1 fully saturated rings. The van der Waals surface area contributed by atoms with E-state index in [-0.39, 0.29) is 17.5 Å². The summed E-state index contributed by atoms with van der Waals surface area (Å²) in [6.07, 6.45) is 4.16. The molecule has 2 rings (SSSR count). The minimum atomic E-state index is -3.52. The van der Waals surface area contributed by atoms with E-state index in [0.29, 0.717) is 16.4 Å². The van der Waals surface area contributed by atoms with E-state index in [1.807, 2.05) is 6.92 Å². The number of aryl methyl sites for hydroxylation is 1. The molecule has 1 aromatic rings. The van der Waals surface area contributed by atoms with Gasteiger partial charge >= 0.3 is 0 Å². The van der Waals surface area contributed by atoms with E-state index in [9.17, 15) is 13.5 Å². The number of rotatable bonds is 7. The molecule has 19 heavy (non-hydrogen) atoms. The Morgan fingerprint density at radius 3 is 2.74 bits per heavy atom. The van der Waals surface area contributed by atoms with Gasteiger partial charge in [-0.3, -0.25) is 0 Å². The molecular formula is C13H21NO3S2. The third kappa shape index (κ3) is 3.56.